The third kappa shape index (κ3) is 11.3. The number of aliphatic carboxylic acids is 1. The van der Waals surface area contributed by atoms with Gasteiger partial charge < -0.3 is 16.2 Å². The van der Waals surface area contributed by atoms with E-state index in [2.05, 4.69) is 5.32 Å². The fourth-order valence-corrected chi connectivity index (χ4v) is 6.55. The SMILES string of the molecule is CS(=O)(=O)c1ccccc1-c1ccc(NC(=O)[C@H](Cc2cccc(C(=N)N)c2)N(Cc2ccccc2)S(C)(=O)=O)cc1.O=C(O)C(F)(F)F. The molecular weight excluding hydrogens is 686 g/mol. The minimum atomic E-state index is -5.08. The molecule has 0 saturated heterocycles. The van der Waals surface area contributed by atoms with Crippen molar-refractivity contribution in [3.63, 3.8) is 0 Å². The van der Waals surface area contributed by atoms with Crippen molar-refractivity contribution in [1.82, 2.24) is 4.31 Å². The fraction of sp³-hybridized carbons (Fsp3) is 0.182. The Morgan fingerprint density at radius 3 is 1.94 bits per heavy atom. The molecular formula is C33H33F3N4O7S2. The van der Waals surface area contributed by atoms with Crippen LogP contribution in [0.4, 0.5) is 18.9 Å². The summed E-state index contributed by atoms with van der Waals surface area (Å²) in [6, 6.07) is 28.0. The summed E-state index contributed by atoms with van der Waals surface area (Å²) in [6.45, 7) is -0.0224. The molecule has 0 radical (unpaired) electrons. The molecule has 4 aromatic carbocycles. The van der Waals surface area contributed by atoms with Crippen molar-refractivity contribution in [2.45, 2.75) is 30.1 Å². The third-order valence-corrected chi connectivity index (χ3v) is 9.31. The van der Waals surface area contributed by atoms with Crippen molar-refractivity contribution in [1.29, 1.82) is 5.41 Å². The lowest BCUT2D eigenvalue weighted by Crippen LogP contribution is -2.47. The standard InChI is InChI=1S/C31H32N4O5S2.C2HF3O2/c1-41(37,38)29-14-7-6-13-27(29)24-15-17-26(18-16-24)34-31(36)28(20-23-11-8-12-25(19-23)30(32)33)35(42(2,39)40)21-22-9-4-3-5-10-22;3-2(4,5)1(6)7/h3-19,28H,20-21H2,1-2H3,(H3,32,33)(H,34,36);(H,6,7)/t28-;/m0./s1. The molecule has 11 nitrogen and oxygen atoms in total. The summed E-state index contributed by atoms with van der Waals surface area (Å²) in [7, 11) is -7.32. The number of amidine groups is 1. The molecule has 4 rings (SSSR count). The number of sulfonamides is 1. The number of carbonyl (C=O) groups is 2. The number of alkyl halides is 3. The van der Waals surface area contributed by atoms with E-state index in [4.69, 9.17) is 21.0 Å². The number of nitrogens with zero attached hydrogens (tertiary/aromatic N) is 1. The second-order valence-corrected chi connectivity index (χ2v) is 14.7. The summed E-state index contributed by atoms with van der Waals surface area (Å²) in [5, 5.41) is 17.7. The molecule has 0 aromatic heterocycles. The number of carbonyl (C=O) groups excluding carboxylic acids is 1. The van der Waals surface area contributed by atoms with Gasteiger partial charge in [0.1, 0.15) is 11.9 Å². The van der Waals surface area contributed by atoms with Gasteiger partial charge in [0.25, 0.3) is 0 Å². The van der Waals surface area contributed by atoms with Gasteiger partial charge in [0, 0.05) is 29.6 Å². The first kappa shape index (κ1) is 38.4. The number of nitrogens with two attached hydrogens (primary N) is 1. The number of carboxylic acid groups (broad SMARTS) is 1. The van der Waals surface area contributed by atoms with Crippen LogP contribution in [0.25, 0.3) is 11.1 Å². The normalized spacial score (nSPS) is 12.4. The minimum absolute atomic E-state index is 0.0224. The molecule has 4 aromatic rings. The number of benzene rings is 4. The summed E-state index contributed by atoms with van der Waals surface area (Å²) >= 11 is 0. The van der Waals surface area contributed by atoms with Gasteiger partial charge in [0.2, 0.25) is 15.9 Å². The second kappa shape index (κ2) is 15.9. The molecule has 5 N–H and O–H groups in total. The summed E-state index contributed by atoms with van der Waals surface area (Å²) in [5.74, 6) is -3.44. The minimum Gasteiger partial charge on any atom is -0.475 e. The van der Waals surface area contributed by atoms with Gasteiger partial charge in [0.15, 0.2) is 9.84 Å². The number of halogens is 3. The molecule has 0 bridgehead atoms. The second-order valence-electron chi connectivity index (χ2n) is 10.8. The van der Waals surface area contributed by atoms with Crippen molar-refractivity contribution >= 4 is 43.3 Å². The number of carboxylic acids is 1. The number of hydrogen-bond donors (Lipinski definition) is 4. The van der Waals surface area contributed by atoms with Crippen LogP contribution in [-0.4, -0.2) is 68.7 Å². The fourth-order valence-electron chi connectivity index (χ4n) is 4.62. The molecule has 0 aliphatic carbocycles. The zero-order chi connectivity index (χ0) is 36.6. The number of nitrogens with one attached hydrogen (secondary N) is 2. The number of rotatable bonds is 11. The quantitative estimate of drug-likeness (QED) is 0.127. The van der Waals surface area contributed by atoms with Gasteiger partial charge in [-0.15, -0.1) is 0 Å². The Morgan fingerprint density at radius 2 is 1.41 bits per heavy atom. The van der Waals surface area contributed by atoms with Gasteiger partial charge in [-0.2, -0.15) is 17.5 Å². The van der Waals surface area contributed by atoms with Crippen LogP contribution < -0.4 is 11.1 Å². The van der Waals surface area contributed by atoms with E-state index in [0.717, 1.165) is 16.8 Å². The van der Waals surface area contributed by atoms with E-state index in [1.807, 2.05) is 6.07 Å². The molecule has 0 heterocycles. The lowest BCUT2D eigenvalue weighted by atomic mass is 10.0. The first-order valence-electron chi connectivity index (χ1n) is 14.2. The molecule has 0 fully saturated rings. The van der Waals surface area contributed by atoms with Crippen LogP contribution in [0.5, 0.6) is 0 Å². The maximum absolute atomic E-state index is 13.8. The largest absolute Gasteiger partial charge is 0.490 e. The highest BCUT2D eigenvalue weighted by molar-refractivity contribution is 7.90. The van der Waals surface area contributed by atoms with Gasteiger partial charge in [-0.25, -0.2) is 21.6 Å². The molecule has 16 heteroatoms. The Morgan fingerprint density at radius 1 is 0.857 bits per heavy atom. The third-order valence-electron chi connectivity index (χ3n) is 6.92. The van der Waals surface area contributed by atoms with Crippen LogP contribution in [0.1, 0.15) is 16.7 Å². The predicted molar refractivity (Wildman–Crippen MR) is 179 cm³/mol. The van der Waals surface area contributed by atoms with Gasteiger partial charge in [0.05, 0.1) is 11.2 Å². The Bertz CT molecular complexity index is 2020. The molecule has 0 aliphatic rings. The Balaban J connectivity index is 0.000000838. The van der Waals surface area contributed by atoms with E-state index in [-0.39, 0.29) is 23.7 Å². The van der Waals surface area contributed by atoms with Crippen molar-refractivity contribution in [2.24, 2.45) is 5.73 Å². The maximum atomic E-state index is 13.8. The van der Waals surface area contributed by atoms with Gasteiger partial charge in [-0.1, -0.05) is 78.9 Å². The smallest absolute Gasteiger partial charge is 0.475 e. The Hall–Kier alpha value is -5.06. The molecule has 0 spiro atoms. The van der Waals surface area contributed by atoms with Crippen LogP contribution in [-0.2, 0) is 42.4 Å². The zero-order valence-corrected chi connectivity index (χ0v) is 27.8. The van der Waals surface area contributed by atoms with E-state index in [1.54, 1.807) is 97.1 Å². The van der Waals surface area contributed by atoms with Gasteiger partial charge in [-0.05, 0) is 47.4 Å². The molecule has 0 saturated carbocycles. The van der Waals surface area contributed by atoms with Crippen molar-refractivity contribution in [3.8, 4) is 11.1 Å². The van der Waals surface area contributed by atoms with Crippen LogP contribution in [0, 0.1) is 5.41 Å². The molecule has 0 unspecified atom stereocenters. The predicted octanol–water partition coefficient (Wildman–Crippen LogP) is 4.69. The number of hydrogen-bond acceptors (Lipinski definition) is 7. The van der Waals surface area contributed by atoms with Gasteiger partial charge in [-0.3, -0.25) is 10.2 Å². The van der Waals surface area contributed by atoms with E-state index >= 15 is 0 Å². The Labute approximate surface area is 281 Å². The average Bonchev–Trinajstić information content (AvgIpc) is 3.02. The molecule has 1 atom stereocenters. The molecule has 260 valence electrons. The van der Waals surface area contributed by atoms with Crippen molar-refractivity contribution < 1.29 is 44.7 Å². The maximum Gasteiger partial charge on any atom is 0.490 e. The lowest BCUT2D eigenvalue weighted by molar-refractivity contribution is -0.192. The number of sulfone groups is 1. The zero-order valence-electron chi connectivity index (χ0n) is 26.2. The van der Waals surface area contributed by atoms with Crippen molar-refractivity contribution in [2.75, 3.05) is 17.8 Å². The lowest BCUT2D eigenvalue weighted by Gasteiger charge is -2.29. The number of anilines is 1. The highest BCUT2D eigenvalue weighted by atomic mass is 32.2. The first-order valence-corrected chi connectivity index (χ1v) is 18.0. The Kier molecular flexibility index (Phi) is 12.5. The summed E-state index contributed by atoms with van der Waals surface area (Å²) in [4.78, 5) is 22.9. The highest BCUT2D eigenvalue weighted by Gasteiger charge is 2.38. The monoisotopic (exact) mass is 718 g/mol. The van der Waals surface area contributed by atoms with E-state index < -0.39 is 44.0 Å². The summed E-state index contributed by atoms with van der Waals surface area (Å²) < 4.78 is 83.5. The van der Waals surface area contributed by atoms with Crippen LogP contribution in [0.2, 0.25) is 0 Å². The number of amides is 1. The van der Waals surface area contributed by atoms with Crippen LogP contribution >= 0.6 is 0 Å². The van der Waals surface area contributed by atoms with Crippen LogP contribution in [0.3, 0.4) is 0 Å². The summed E-state index contributed by atoms with van der Waals surface area (Å²) in [5.41, 5.74) is 9.07. The van der Waals surface area contributed by atoms with Gasteiger partial charge >= 0.3 is 12.1 Å². The van der Waals surface area contributed by atoms with E-state index in [0.29, 0.717) is 33.5 Å². The first-order chi connectivity index (χ1) is 22.8. The average molecular weight is 719 g/mol. The van der Waals surface area contributed by atoms with E-state index in [9.17, 15) is 34.8 Å². The molecule has 1 amide bonds. The topological polar surface area (TPSA) is 188 Å². The van der Waals surface area contributed by atoms with Crippen molar-refractivity contribution in [3.05, 3.63) is 120 Å². The summed E-state index contributed by atoms with van der Waals surface area (Å²) in [6.07, 6.45) is -2.83. The highest BCUT2D eigenvalue weighted by Crippen LogP contribution is 2.28. The number of nitrogen functional groups attached to an aromatic ring is 1. The van der Waals surface area contributed by atoms with E-state index in [1.165, 1.54) is 0 Å². The molecule has 49 heavy (non-hydrogen) atoms. The van der Waals surface area contributed by atoms with Crippen LogP contribution in [0.15, 0.2) is 108 Å². The molecule has 0 aliphatic heterocycles.